The van der Waals surface area contributed by atoms with Crippen LogP contribution in [-0.2, 0) is 9.53 Å². The summed E-state index contributed by atoms with van der Waals surface area (Å²) in [5.41, 5.74) is 1.18. The van der Waals surface area contributed by atoms with Crippen LogP contribution in [-0.4, -0.2) is 43.7 Å². The average molecular weight is 279 g/mol. The molecule has 1 aromatic rings. The van der Waals surface area contributed by atoms with Crippen molar-refractivity contribution in [2.75, 3.05) is 32.8 Å². The third-order valence-corrected chi connectivity index (χ3v) is 2.86. The zero-order chi connectivity index (χ0) is 14.8. The van der Waals surface area contributed by atoms with E-state index in [9.17, 15) is 4.79 Å². The molecule has 0 aliphatic carbocycles. The maximum absolute atomic E-state index is 11.5. The summed E-state index contributed by atoms with van der Waals surface area (Å²) in [5, 5.41) is 0. The molecular formula is C16H25NO3. The van der Waals surface area contributed by atoms with Crippen molar-refractivity contribution in [3.63, 3.8) is 0 Å². The standard InChI is InChI=1S/C16H25NO3/c1-4-9-17(13-16(18)19-5-2)10-11-20-15-8-6-7-14(3)12-15/h6-8,12H,4-5,9-11,13H2,1-3H3. The molecule has 0 radical (unpaired) electrons. The monoisotopic (exact) mass is 279 g/mol. The zero-order valence-electron chi connectivity index (χ0n) is 12.7. The molecule has 0 amide bonds. The fourth-order valence-corrected chi connectivity index (χ4v) is 1.97. The molecule has 0 unspecified atom stereocenters. The number of hydrogen-bond acceptors (Lipinski definition) is 4. The van der Waals surface area contributed by atoms with E-state index in [2.05, 4.69) is 11.8 Å². The normalized spacial score (nSPS) is 10.6. The first-order chi connectivity index (χ1) is 9.65. The molecule has 4 nitrogen and oxygen atoms in total. The fourth-order valence-electron chi connectivity index (χ4n) is 1.97. The minimum Gasteiger partial charge on any atom is -0.492 e. The Morgan fingerprint density at radius 2 is 2.05 bits per heavy atom. The Morgan fingerprint density at radius 3 is 2.70 bits per heavy atom. The van der Waals surface area contributed by atoms with Crippen LogP contribution in [0, 0.1) is 6.92 Å². The number of esters is 1. The van der Waals surface area contributed by atoms with Crippen molar-refractivity contribution >= 4 is 5.97 Å². The Bertz CT molecular complexity index is 406. The van der Waals surface area contributed by atoms with Crippen LogP contribution < -0.4 is 4.74 Å². The summed E-state index contributed by atoms with van der Waals surface area (Å²) in [6, 6.07) is 7.97. The molecular weight excluding hydrogens is 254 g/mol. The number of rotatable bonds is 9. The van der Waals surface area contributed by atoms with Gasteiger partial charge in [0, 0.05) is 6.54 Å². The molecule has 0 N–H and O–H groups in total. The Kier molecular flexibility index (Phi) is 7.73. The van der Waals surface area contributed by atoms with Gasteiger partial charge in [0.2, 0.25) is 0 Å². The molecule has 1 rings (SSSR count). The number of aryl methyl sites for hydroxylation is 1. The van der Waals surface area contributed by atoms with Gasteiger partial charge in [0.25, 0.3) is 0 Å². The molecule has 0 saturated carbocycles. The van der Waals surface area contributed by atoms with Gasteiger partial charge in [0.1, 0.15) is 12.4 Å². The molecule has 0 saturated heterocycles. The number of carbonyl (C=O) groups is 1. The van der Waals surface area contributed by atoms with Gasteiger partial charge >= 0.3 is 5.97 Å². The second kappa shape index (κ2) is 9.37. The van der Waals surface area contributed by atoms with Crippen molar-refractivity contribution in [3.05, 3.63) is 29.8 Å². The Labute approximate surface area is 121 Å². The highest BCUT2D eigenvalue weighted by Crippen LogP contribution is 2.12. The molecule has 0 aromatic heterocycles. The Morgan fingerprint density at radius 1 is 1.25 bits per heavy atom. The van der Waals surface area contributed by atoms with E-state index in [1.807, 2.05) is 38.1 Å². The van der Waals surface area contributed by atoms with Crippen molar-refractivity contribution in [3.8, 4) is 5.75 Å². The van der Waals surface area contributed by atoms with Gasteiger partial charge in [0.15, 0.2) is 0 Å². The molecule has 0 heterocycles. The molecule has 0 spiro atoms. The van der Waals surface area contributed by atoms with Crippen molar-refractivity contribution in [1.29, 1.82) is 0 Å². The SMILES string of the molecule is CCCN(CCOc1cccc(C)c1)CC(=O)OCC. The summed E-state index contributed by atoms with van der Waals surface area (Å²) < 4.78 is 10.7. The molecule has 4 heteroatoms. The third kappa shape index (κ3) is 6.57. The quantitative estimate of drug-likeness (QED) is 0.651. The van der Waals surface area contributed by atoms with Crippen molar-refractivity contribution in [2.24, 2.45) is 0 Å². The first-order valence-corrected chi connectivity index (χ1v) is 7.23. The van der Waals surface area contributed by atoms with E-state index >= 15 is 0 Å². The zero-order valence-corrected chi connectivity index (χ0v) is 12.7. The maximum Gasteiger partial charge on any atom is 0.320 e. The highest BCUT2D eigenvalue weighted by molar-refractivity contribution is 5.71. The molecule has 20 heavy (non-hydrogen) atoms. The first kappa shape index (κ1) is 16.5. The summed E-state index contributed by atoms with van der Waals surface area (Å²) in [6.45, 7) is 8.89. The molecule has 112 valence electrons. The summed E-state index contributed by atoms with van der Waals surface area (Å²) in [5.74, 6) is 0.703. The number of ether oxygens (including phenoxy) is 2. The lowest BCUT2D eigenvalue weighted by atomic mass is 10.2. The van der Waals surface area contributed by atoms with Crippen molar-refractivity contribution in [1.82, 2.24) is 4.90 Å². The predicted octanol–water partition coefficient (Wildman–Crippen LogP) is 2.65. The first-order valence-electron chi connectivity index (χ1n) is 7.23. The van der Waals surface area contributed by atoms with E-state index in [-0.39, 0.29) is 5.97 Å². The second-order valence-corrected chi connectivity index (χ2v) is 4.75. The van der Waals surface area contributed by atoms with Crippen LogP contribution in [0.25, 0.3) is 0 Å². The van der Waals surface area contributed by atoms with Gasteiger partial charge in [-0.1, -0.05) is 19.1 Å². The van der Waals surface area contributed by atoms with E-state index < -0.39 is 0 Å². The maximum atomic E-state index is 11.5. The van der Waals surface area contributed by atoms with Crippen LogP contribution in [0.1, 0.15) is 25.8 Å². The van der Waals surface area contributed by atoms with Crippen LogP contribution in [0.4, 0.5) is 0 Å². The molecule has 1 aromatic carbocycles. The molecule has 0 fully saturated rings. The minimum absolute atomic E-state index is 0.170. The van der Waals surface area contributed by atoms with Crippen LogP contribution in [0.15, 0.2) is 24.3 Å². The Balaban J connectivity index is 2.36. The highest BCUT2D eigenvalue weighted by Gasteiger charge is 2.10. The van der Waals surface area contributed by atoms with Crippen LogP contribution in [0.2, 0.25) is 0 Å². The number of carbonyl (C=O) groups excluding carboxylic acids is 1. The molecule has 0 aliphatic rings. The lowest BCUT2D eigenvalue weighted by molar-refractivity contribution is -0.144. The Hall–Kier alpha value is -1.55. The van der Waals surface area contributed by atoms with E-state index in [0.717, 1.165) is 25.3 Å². The third-order valence-electron chi connectivity index (χ3n) is 2.86. The fraction of sp³-hybridized carbons (Fsp3) is 0.562. The van der Waals surface area contributed by atoms with E-state index in [0.29, 0.717) is 19.8 Å². The van der Waals surface area contributed by atoms with Gasteiger partial charge < -0.3 is 9.47 Å². The lowest BCUT2D eigenvalue weighted by Crippen LogP contribution is -2.35. The lowest BCUT2D eigenvalue weighted by Gasteiger charge is -2.20. The van der Waals surface area contributed by atoms with Gasteiger partial charge in [-0.25, -0.2) is 0 Å². The molecule has 0 aliphatic heterocycles. The number of nitrogens with zero attached hydrogens (tertiary/aromatic N) is 1. The average Bonchev–Trinajstić information content (AvgIpc) is 2.39. The van der Waals surface area contributed by atoms with Crippen molar-refractivity contribution < 1.29 is 14.3 Å². The minimum atomic E-state index is -0.170. The van der Waals surface area contributed by atoms with Gasteiger partial charge in [0.05, 0.1) is 13.2 Å². The topological polar surface area (TPSA) is 38.8 Å². The number of benzene rings is 1. The summed E-state index contributed by atoms with van der Waals surface area (Å²) in [6.07, 6.45) is 1.00. The van der Waals surface area contributed by atoms with E-state index in [4.69, 9.17) is 9.47 Å². The molecule has 0 bridgehead atoms. The second-order valence-electron chi connectivity index (χ2n) is 4.75. The van der Waals surface area contributed by atoms with E-state index in [1.54, 1.807) is 0 Å². The van der Waals surface area contributed by atoms with Crippen LogP contribution >= 0.6 is 0 Å². The summed E-state index contributed by atoms with van der Waals surface area (Å²) in [7, 11) is 0. The van der Waals surface area contributed by atoms with Gasteiger partial charge in [-0.3, -0.25) is 9.69 Å². The van der Waals surface area contributed by atoms with Crippen molar-refractivity contribution in [2.45, 2.75) is 27.2 Å². The van der Waals surface area contributed by atoms with E-state index in [1.165, 1.54) is 5.56 Å². The molecule has 0 atom stereocenters. The highest BCUT2D eigenvalue weighted by atomic mass is 16.5. The largest absolute Gasteiger partial charge is 0.492 e. The van der Waals surface area contributed by atoms with Gasteiger partial charge in [-0.15, -0.1) is 0 Å². The van der Waals surface area contributed by atoms with Crippen LogP contribution in [0.3, 0.4) is 0 Å². The summed E-state index contributed by atoms with van der Waals surface area (Å²) >= 11 is 0. The van der Waals surface area contributed by atoms with Crippen LogP contribution in [0.5, 0.6) is 5.75 Å². The number of hydrogen-bond donors (Lipinski definition) is 0. The summed E-state index contributed by atoms with van der Waals surface area (Å²) in [4.78, 5) is 13.6. The van der Waals surface area contributed by atoms with Gasteiger partial charge in [-0.05, 0) is 44.5 Å². The van der Waals surface area contributed by atoms with Gasteiger partial charge in [-0.2, -0.15) is 0 Å². The smallest absolute Gasteiger partial charge is 0.320 e. The predicted molar refractivity (Wildman–Crippen MR) is 80.0 cm³/mol.